The van der Waals surface area contributed by atoms with Crippen LogP contribution in [0.4, 0.5) is 0 Å². The third kappa shape index (κ3) is 17.1. The predicted molar refractivity (Wildman–Crippen MR) is 181 cm³/mol. The molecule has 1 unspecified atom stereocenters. The summed E-state index contributed by atoms with van der Waals surface area (Å²) in [6.07, 6.45) is 4.73. The predicted octanol–water partition coefficient (Wildman–Crippen LogP) is 4.22. The standard InChI is InChI=1S/C35H66N4O7/c1-11-13-14-16-29(41)38-27(17-18-30(42)39-21-35(39,9)26-46-25-34(7,8)22-44-10)31(43)37-20-33(5,6)24-45-23-32(3,4)19-36-28(40)15-12-2/h27H,11-26H2,1-10H3,(H,36,40)(H,37,43)(H,38,41)/t27-,35?,39?/m1/s1. The van der Waals surface area contributed by atoms with Gasteiger partial charge in [0.25, 0.3) is 0 Å². The monoisotopic (exact) mass is 654 g/mol. The van der Waals surface area contributed by atoms with Crippen LogP contribution in [0.2, 0.25) is 0 Å². The molecule has 2 atom stereocenters. The van der Waals surface area contributed by atoms with Crippen molar-refractivity contribution in [3.05, 3.63) is 0 Å². The Morgan fingerprint density at radius 3 is 1.96 bits per heavy atom. The van der Waals surface area contributed by atoms with E-state index < -0.39 is 6.04 Å². The summed E-state index contributed by atoms with van der Waals surface area (Å²) in [7, 11) is 1.67. The minimum atomic E-state index is -0.808. The molecule has 11 nitrogen and oxygen atoms in total. The largest absolute Gasteiger partial charge is 0.384 e. The number of nitrogens with one attached hydrogen (secondary N) is 3. The Morgan fingerprint density at radius 2 is 1.37 bits per heavy atom. The van der Waals surface area contributed by atoms with E-state index in [9.17, 15) is 19.2 Å². The van der Waals surface area contributed by atoms with Crippen molar-refractivity contribution in [3.63, 3.8) is 0 Å². The van der Waals surface area contributed by atoms with Crippen LogP contribution in [0, 0.1) is 16.2 Å². The van der Waals surface area contributed by atoms with E-state index in [4.69, 9.17) is 14.2 Å². The molecule has 11 heteroatoms. The third-order valence-electron chi connectivity index (χ3n) is 8.06. The van der Waals surface area contributed by atoms with Crippen molar-refractivity contribution in [2.45, 2.75) is 125 Å². The molecule has 0 saturated carbocycles. The Kier molecular flexibility index (Phi) is 17.8. The van der Waals surface area contributed by atoms with Gasteiger partial charge in [0.05, 0.1) is 38.6 Å². The topological polar surface area (TPSA) is 135 Å². The minimum Gasteiger partial charge on any atom is -0.384 e. The Labute approximate surface area is 279 Å². The van der Waals surface area contributed by atoms with Crippen LogP contribution in [0.3, 0.4) is 0 Å². The zero-order valence-corrected chi connectivity index (χ0v) is 30.7. The maximum absolute atomic E-state index is 13.3. The second-order valence-electron chi connectivity index (χ2n) is 15.7. The van der Waals surface area contributed by atoms with E-state index in [0.29, 0.717) is 65.5 Å². The SMILES string of the molecule is CCCCCC(=O)N[C@H](CCC(=O)N1CC1(C)COCC(C)(C)COC)C(=O)NCC(C)(C)COCC(C)(C)CNC(=O)CCC. The van der Waals surface area contributed by atoms with E-state index in [1.807, 2.05) is 41.5 Å². The number of hydrogen-bond acceptors (Lipinski definition) is 7. The molecule has 0 aliphatic carbocycles. The molecular formula is C35H66N4O7. The molecule has 46 heavy (non-hydrogen) atoms. The summed E-state index contributed by atoms with van der Waals surface area (Å²) >= 11 is 0. The molecule has 0 aromatic heterocycles. The van der Waals surface area contributed by atoms with Gasteiger partial charge in [0.1, 0.15) is 6.04 Å². The summed E-state index contributed by atoms with van der Waals surface area (Å²) in [5.41, 5.74) is -1.08. The summed E-state index contributed by atoms with van der Waals surface area (Å²) in [6, 6.07) is -0.808. The van der Waals surface area contributed by atoms with Crippen molar-refractivity contribution in [1.82, 2.24) is 20.9 Å². The smallest absolute Gasteiger partial charge is 0.242 e. The van der Waals surface area contributed by atoms with Gasteiger partial charge in [0, 0.05) is 62.3 Å². The van der Waals surface area contributed by atoms with Crippen molar-refractivity contribution in [2.75, 3.05) is 59.8 Å². The average molecular weight is 655 g/mol. The molecule has 268 valence electrons. The summed E-state index contributed by atoms with van der Waals surface area (Å²) < 4.78 is 17.2. The van der Waals surface area contributed by atoms with Gasteiger partial charge in [-0.1, -0.05) is 68.2 Å². The number of ether oxygens (including phenoxy) is 3. The van der Waals surface area contributed by atoms with Crippen LogP contribution >= 0.6 is 0 Å². The molecule has 1 heterocycles. The van der Waals surface area contributed by atoms with Crippen molar-refractivity contribution in [2.24, 2.45) is 16.2 Å². The average Bonchev–Trinajstić information content (AvgIpc) is 3.63. The first kappa shape index (κ1) is 41.8. The highest BCUT2D eigenvalue weighted by atomic mass is 16.5. The fourth-order valence-electron chi connectivity index (χ4n) is 5.08. The van der Waals surface area contributed by atoms with Gasteiger partial charge >= 0.3 is 0 Å². The van der Waals surface area contributed by atoms with Crippen molar-refractivity contribution >= 4 is 23.6 Å². The van der Waals surface area contributed by atoms with Gasteiger partial charge in [-0.2, -0.15) is 0 Å². The third-order valence-corrected chi connectivity index (χ3v) is 8.06. The maximum Gasteiger partial charge on any atom is 0.242 e. The lowest BCUT2D eigenvalue weighted by Crippen LogP contribution is -2.49. The Balaban J connectivity index is 2.66. The molecule has 0 spiro atoms. The summed E-state index contributed by atoms with van der Waals surface area (Å²) in [4.78, 5) is 52.8. The zero-order chi connectivity index (χ0) is 35.0. The van der Waals surface area contributed by atoms with Gasteiger partial charge in [-0.25, -0.2) is 0 Å². The fraction of sp³-hybridized carbons (Fsp3) is 0.886. The molecule has 4 amide bonds. The van der Waals surface area contributed by atoms with Gasteiger partial charge in [-0.3, -0.25) is 19.2 Å². The van der Waals surface area contributed by atoms with E-state index in [0.717, 1.165) is 25.7 Å². The molecule has 1 fully saturated rings. The fourth-order valence-corrected chi connectivity index (χ4v) is 5.08. The van der Waals surface area contributed by atoms with Crippen LogP contribution in [0.1, 0.15) is 114 Å². The highest BCUT2D eigenvalue weighted by Crippen LogP contribution is 2.34. The molecule has 1 rings (SSSR count). The number of methoxy groups -OCH3 is 1. The number of carbonyl (C=O) groups excluding carboxylic acids is 4. The first-order valence-electron chi connectivity index (χ1n) is 17.2. The van der Waals surface area contributed by atoms with Crippen molar-refractivity contribution < 1.29 is 33.4 Å². The van der Waals surface area contributed by atoms with Crippen molar-refractivity contribution in [1.29, 1.82) is 0 Å². The second-order valence-corrected chi connectivity index (χ2v) is 15.7. The normalized spacial score (nSPS) is 17.4. The van der Waals surface area contributed by atoms with Gasteiger partial charge in [-0.05, 0) is 26.2 Å². The molecule has 0 radical (unpaired) electrons. The van der Waals surface area contributed by atoms with Gasteiger partial charge in [0.2, 0.25) is 23.6 Å². The second kappa shape index (κ2) is 19.5. The lowest BCUT2D eigenvalue weighted by molar-refractivity contribution is -0.131. The van der Waals surface area contributed by atoms with E-state index in [-0.39, 0.29) is 58.3 Å². The van der Waals surface area contributed by atoms with E-state index in [1.54, 1.807) is 12.0 Å². The van der Waals surface area contributed by atoms with Crippen LogP contribution in [-0.2, 0) is 33.4 Å². The molecular weight excluding hydrogens is 588 g/mol. The van der Waals surface area contributed by atoms with E-state index in [1.165, 1.54) is 0 Å². The van der Waals surface area contributed by atoms with Crippen LogP contribution < -0.4 is 16.0 Å². The summed E-state index contributed by atoms with van der Waals surface area (Å²) in [6.45, 7) is 22.2. The number of rotatable bonds is 25. The number of nitrogens with zero attached hydrogens (tertiary/aromatic N) is 1. The highest BCUT2D eigenvalue weighted by Gasteiger charge is 2.51. The first-order chi connectivity index (χ1) is 21.4. The van der Waals surface area contributed by atoms with Crippen molar-refractivity contribution in [3.8, 4) is 0 Å². The van der Waals surface area contributed by atoms with Gasteiger partial charge in [-0.15, -0.1) is 0 Å². The Hall–Kier alpha value is -2.24. The number of amides is 4. The molecule has 0 aromatic carbocycles. The van der Waals surface area contributed by atoms with Crippen LogP contribution in [0.25, 0.3) is 0 Å². The van der Waals surface area contributed by atoms with E-state index in [2.05, 4.69) is 36.7 Å². The molecule has 0 bridgehead atoms. The highest BCUT2D eigenvalue weighted by molar-refractivity contribution is 5.88. The minimum absolute atomic E-state index is 0.0440. The van der Waals surface area contributed by atoms with E-state index >= 15 is 0 Å². The number of unbranched alkanes of at least 4 members (excludes halogenated alkanes) is 2. The molecule has 3 N–H and O–H groups in total. The van der Waals surface area contributed by atoms with Gasteiger partial charge in [0.15, 0.2) is 0 Å². The lowest BCUT2D eigenvalue weighted by Gasteiger charge is -2.30. The quantitative estimate of drug-likeness (QED) is 0.0991. The number of carbonyl (C=O) groups is 4. The van der Waals surface area contributed by atoms with Crippen LogP contribution in [0.5, 0.6) is 0 Å². The maximum atomic E-state index is 13.3. The molecule has 1 saturated heterocycles. The molecule has 0 aromatic rings. The molecule has 1 aliphatic heterocycles. The van der Waals surface area contributed by atoms with Gasteiger partial charge < -0.3 is 35.1 Å². The lowest BCUT2D eigenvalue weighted by atomic mass is 9.92. The zero-order valence-electron chi connectivity index (χ0n) is 30.7. The first-order valence-corrected chi connectivity index (χ1v) is 17.2. The number of hydrogen-bond donors (Lipinski definition) is 3. The summed E-state index contributed by atoms with van der Waals surface area (Å²) in [5.74, 6) is -0.494. The Morgan fingerprint density at radius 1 is 0.761 bits per heavy atom. The van der Waals surface area contributed by atoms with Crippen LogP contribution in [-0.4, -0.2) is 99.9 Å². The molecule has 1 aliphatic rings. The van der Waals surface area contributed by atoms with Crippen LogP contribution in [0.15, 0.2) is 0 Å². The summed E-state index contributed by atoms with van der Waals surface area (Å²) in [5, 5.41) is 8.83. The Bertz CT molecular complexity index is 969.